The molecule has 0 aliphatic carbocycles. The maximum Gasteiger partial charge on any atom is 0.416 e. The molecule has 0 amide bonds. The molecule has 1 heterocycles. The standard InChI is InChI=1S/C7H8F3NO/c1-2-4-3-11-6(5(4)12)7(8,9)10/h3,6,11H,2H2,1H3. The first-order valence-electron chi connectivity index (χ1n) is 3.53. The second-order valence-electron chi connectivity index (χ2n) is 2.53. The molecule has 5 heteroatoms. The molecule has 0 aromatic heterocycles. The first kappa shape index (κ1) is 9.09. The van der Waals surface area contributed by atoms with Gasteiger partial charge in [-0.3, -0.25) is 4.79 Å². The fourth-order valence-corrected chi connectivity index (χ4v) is 1.04. The van der Waals surface area contributed by atoms with Gasteiger partial charge in [0, 0.05) is 11.8 Å². The van der Waals surface area contributed by atoms with Gasteiger partial charge in [-0.05, 0) is 6.42 Å². The van der Waals surface area contributed by atoms with E-state index in [-0.39, 0.29) is 5.57 Å². The van der Waals surface area contributed by atoms with Crippen LogP contribution in [0.2, 0.25) is 0 Å². The number of halogens is 3. The zero-order valence-electron chi connectivity index (χ0n) is 6.40. The summed E-state index contributed by atoms with van der Waals surface area (Å²) in [7, 11) is 0. The molecule has 0 bridgehead atoms. The molecule has 0 saturated carbocycles. The van der Waals surface area contributed by atoms with Gasteiger partial charge in [0.15, 0.2) is 11.8 Å². The van der Waals surface area contributed by atoms with Gasteiger partial charge in [-0.25, -0.2) is 0 Å². The molecule has 1 N–H and O–H groups in total. The number of alkyl halides is 3. The highest BCUT2D eigenvalue weighted by Crippen LogP contribution is 2.26. The van der Waals surface area contributed by atoms with Crippen molar-refractivity contribution in [1.82, 2.24) is 5.32 Å². The van der Waals surface area contributed by atoms with Crippen LogP contribution in [0.4, 0.5) is 13.2 Å². The minimum atomic E-state index is -4.48. The monoisotopic (exact) mass is 179 g/mol. The molecule has 12 heavy (non-hydrogen) atoms. The van der Waals surface area contributed by atoms with Crippen molar-refractivity contribution in [3.63, 3.8) is 0 Å². The second-order valence-corrected chi connectivity index (χ2v) is 2.53. The molecule has 0 spiro atoms. The summed E-state index contributed by atoms with van der Waals surface area (Å²) in [5.74, 6) is -0.856. The van der Waals surface area contributed by atoms with Gasteiger partial charge in [-0.15, -0.1) is 0 Å². The Morgan fingerprint density at radius 2 is 2.17 bits per heavy atom. The molecule has 68 valence electrons. The van der Waals surface area contributed by atoms with Crippen molar-refractivity contribution in [2.24, 2.45) is 0 Å². The van der Waals surface area contributed by atoms with Crippen LogP contribution >= 0.6 is 0 Å². The lowest BCUT2D eigenvalue weighted by molar-refractivity contribution is -0.161. The van der Waals surface area contributed by atoms with Gasteiger partial charge in [0.25, 0.3) is 0 Å². The Kier molecular flexibility index (Phi) is 2.12. The van der Waals surface area contributed by atoms with Crippen LogP contribution in [0, 0.1) is 0 Å². The van der Waals surface area contributed by atoms with Gasteiger partial charge in [-0.2, -0.15) is 13.2 Å². The highest BCUT2D eigenvalue weighted by Gasteiger charge is 2.47. The van der Waals surface area contributed by atoms with E-state index in [9.17, 15) is 18.0 Å². The van der Waals surface area contributed by atoms with Gasteiger partial charge in [0.2, 0.25) is 0 Å². The Hall–Kier alpha value is -1.00. The number of rotatable bonds is 1. The Morgan fingerprint density at radius 1 is 1.58 bits per heavy atom. The summed E-state index contributed by atoms with van der Waals surface area (Å²) in [5, 5.41) is 2.01. The normalized spacial score (nSPS) is 23.8. The SMILES string of the molecule is CCC1=CNC(C(F)(F)F)C1=O. The number of Topliss-reactive ketones (excluding diaryl/α,β-unsaturated/α-hetero) is 1. The molecule has 0 aromatic rings. The average molecular weight is 179 g/mol. The molecule has 0 aromatic carbocycles. The summed E-state index contributed by atoms with van der Waals surface area (Å²) < 4.78 is 36.0. The molecular weight excluding hydrogens is 171 g/mol. The van der Waals surface area contributed by atoms with Crippen molar-refractivity contribution in [3.8, 4) is 0 Å². The lowest BCUT2D eigenvalue weighted by Crippen LogP contribution is -2.42. The number of nitrogens with one attached hydrogen (secondary N) is 1. The van der Waals surface area contributed by atoms with E-state index in [1.165, 1.54) is 0 Å². The second kappa shape index (κ2) is 2.80. The van der Waals surface area contributed by atoms with Crippen LogP contribution in [0.15, 0.2) is 11.8 Å². The molecule has 0 fully saturated rings. The summed E-state index contributed by atoms with van der Waals surface area (Å²) in [6.07, 6.45) is -3.01. The van der Waals surface area contributed by atoms with E-state index in [2.05, 4.69) is 0 Å². The minimum absolute atomic E-state index is 0.206. The van der Waals surface area contributed by atoms with E-state index in [0.29, 0.717) is 6.42 Å². The lowest BCUT2D eigenvalue weighted by Gasteiger charge is -2.13. The van der Waals surface area contributed by atoms with Crippen LogP contribution < -0.4 is 5.32 Å². The first-order chi connectivity index (χ1) is 5.46. The topological polar surface area (TPSA) is 29.1 Å². The molecule has 1 atom stereocenters. The summed E-state index contributed by atoms with van der Waals surface area (Å²) in [5.41, 5.74) is 0.206. The Labute approximate surface area is 67.4 Å². The quantitative estimate of drug-likeness (QED) is 0.658. The van der Waals surface area contributed by atoms with E-state index in [1.54, 1.807) is 6.92 Å². The smallest absolute Gasteiger partial charge is 0.373 e. The third-order valence-corrected chi connectivity index (χ3v) is 1.71. The highest BCUT2D eigenvalue weighted by atomic mass is 19.4. The summed E-state index contributed by atoms with van der Waals surface area (Å²) in [6.45, 7) is 1.64. The van der Waals surface area contributed by atoms with Gasteiger partial charge < -0.3 is 5.32 Å². The molecule has 1 unspecified atom stereocenters. The number of carbonyl (C=O) groups is 1. The molecule has 1 aliphatic heterocycles. The Bertz CT molecular complexity index is 231. The van der Waals surface area contributed by atoms with Crippen molar-refractivity contribution >= 4 is 5.78 Å². The van der Waals surface area contributed by atoms with Crippen LogP contribution in [0.1, 0.15) is 13.3 Å². The maximum absolute atomic E-state index is 12.0. The van der Waals surface area contributed by atoms with Crippen molar-refractivity contribution in [1.29, 1.82) is 0 Å². The first-order valence-corrected chi connectivity index (χ1v) is 3.53. The lowest BCUT2D eigenvalue weighted by atomic mass is 10.1. The van der Waals surface area contributed by atoms with E-state index < -0.39 is 18.0 Å². The summed E-state index contributed by atoms with van der Waals surface area (Å²) in [6, 6.07) is -2.02. The van der Waals surface area contributed by atoms with E-state index in [4.69, 9.17) is 0 Å². The molecule has 1 rings (SSSR count). The average Bonchev–Trinajstić information content (AvgIpc) is 2.29. The van der Waals surface area contributed by atoms with Gasteiger partial charge in [0.05, 0.1) is 0 Å². The zero-order valence-corrected chi connectivity index (χ0v) is 6.40. The molecule has 0 radical (unpaired) electrons. The molecule has 0 saturated heterocycles. The van der Waals surface area contributed by atoms with Crippen molar-refractivity contribution in [3.05, 3.63) is 11.8 Å². The maximum atomic E-state index is 12.0. The number of ketones is 1. The predicted molar refractivity (Wildman–Crippen MR) is 36.4 cm³/mol. The Morgan fingerprint density at radius 3 is 2.42 bits per heavy atom. The van der Waals surface area contributed by atoms with Gasteiger partial charge >= 0.3 is 6.18 Å². The minimum Gasteiger partial charge on any atom is -0.373 e. The number of hydrogen-bond donors (Lipinski definition) is 1. The zero-order chi connectivity index (χ0) is 9.35. The van der Waals surface area contributed by atoms with Crippen LogP contribution in [-0.2, 0) is 4.79 Å². The summed E-state index contributed by atoms with van der Waals surface area (Å²) >= 11 is 0. The third kappa shape index (κ3) is 1.44. The van der Waals surface area contributed by atoms with Crippen molar-refractivity contribution in [2.45, 2.75) is 25.6 Å². The largest absolute Gasteiger partial charge is 0.416 e. The van der Waals surface area contributed by atoms with Crippen LogP contribution in [0.3, 0.4) is 0 Å². The molecule has 2 nitrogen and oxygen atoms in total. The van der Waals surface area contributed by atoms with Gasteiger partial charge in [-0.1, -0.05) is 6.92 Å². The number of carbonyl (C=O) groups excluding carboxylic acids is 1. The van der Waals surface area contributed by atoms with Crippen molar-refractivity contribution < 1.29 is 18.0 Å². The fraction of sp³-hybridized carbons (Fsp3) is 0.571. The van der Waals surface area contributed by atoms with Crippen molar-refractivity contribution in [2.75, 3.05) is 0 Å². The van der Waals surface area contributed by atoms with E-state index in [1.807, 2.05) is 5.32 Å². The van der Waals surface area contributed by atoms with Crippen LogP contribution in [0.25, 0.3) is 0 Å². The third-order valence-electron chi connectivity index (χ3n) is 1.71. The Balaban J connectivity index is 2.74. The molecule has 1 aliphatic rings. The molecular formula is C7H8F3NO. The van der Waals surface area contributed by atoms with Crippen LogP contribution in [-0.4, -0.2) is 18.0 Å². The van der Waals surface area contributed by atoms with E-state index in [0.717, 1.165) is 6.20 Å². The predicted octanol–water partition coefficient (Wildman–Crippen LogP) is 1.38. The van der Waals surface area contributed by atoms with Crippen LogP contribution in [0.5, 0.6) is 0 Å². The number of hydrogen-bond acceptors (Lipinski definition) is 2. The summed E-state index contributed by atoms with van der Waals surface area (Å²) in [4.78, 5) is 10.9. The van der Waals surface area contributed by atoms with E-state index >= 15 is 0 Å². The van der Waals surface area contributed by atoms with Gasteiger partial charge in [0.1, 0.15) is 0 Å². The highest BCUT2D eigenvalue weighted by molar-refractivity contribution is 6.02. The fourth-order valence-electron chi connectivity index (χ4n) is 1.04.